The molecule has 2 amide bonds. The van der Waals surface area contributed by atoms with E-state index in [4.69, 9.17) is 0 Å². The molecule has 1 atom stereocenters. The lowest BCUT2D eigenvalue weighted by molar-refractivity contribution is -0.140. The number of benzene rings is 3. The molecular weight excluding hydrogens is 522 g/mol. The van der Waals surface area contributed by atoms with Crippen LogP contribution in [-0.4, -0.2) is 43.8 Å². The molecule has 40 heavy (non-hydrogen) atoms. The summed E-state index contributed by atoms with van der Waals surface area (Å²) in [5, 5.41) is 3.14. The van der Waals surface area contributed by atoms with Gasteiger partial charge in [-0.25, -0.2) is 8.42 Å². The molecule has 0 spiro atoms. The quantitative estimate of drug-likeness (QED) is 0.341. The minimum absolute atomic E-state index is 0.105. The second-order valence-electron chi connectivity index (χ2n) is 10.6. The molecule has 0 unspecified atom stereocenters. The summed E-state index contributed by atoms with van der Waals surface area (Å²) in [7, 11) is -4.08. The van der Waals surface area contributed by atoms with Gasteiger partial charge in [-0.3, -0.25) is 13.9 Å². The van der Waals surface area contributed by atoms with Gasteiger partial charge in [0.1, 0.15) is 12.6 Å². The first-order chi connectivity index (χ1) is 19.2. The second kappa shape index (κ2) is 13.1. The van der Waals surface area contributed by atoms with Gasteiger partial charge in [-0.15, -0.1) is 0 Å². The standard InChI is InChI=1S/C32H39N3O4S/c1-4-30(32(37)33-27-14-8-9-15-27)34(22-26-12-6-5-7-13-26)31(36)23-35(28-16-10-11-25(3)21-28)40(38,39)29-19-17-24(2)18-20-29/h5-7,10-13,16-21,27,30H,4,8-9,14-15,22-23H2,1-3H3,(H,33,37)/t30-/m0/s1. The highest BCUT2D eigenvalue weighted by Gasteiger charge is 2.34. The van der Waals surface area contributed by atoms with Crippen LogP contribution in [0.15, 0.2) is 83.8 Å². The summed E-state index contributed by atoms with van der Waals surface area (Å²) in [5.41, 5.74) is 3.08. The first-order valence-corrected chi connectivity index (χ1v) is 15.4. The van der Waals surface area contributed by atoms with Crippen LogP contribution in [0.3, 0.4) is 0 Å². The van der Waals surface area contributed by atoms with E-state index in [2.05, 4.69) is 5.32 Å². The predicted octanol–water partition coefficient (Wildman–Crippen LogP) is 5.36. The van der Waals surface area contributed by atoms with E-state index in [1.807, 2.05) is 57.2 Å². The number of nitrogens with one attached hydrogen (secondary N) is 1. The number of hydrogen-bond acceptors (Lipinski definition) is 4. The molecule has 7 nitrogen and oxygen atoms in total. The van der Waals surface area contributed by atoms with Crippen LogP contribution >= 0.6 is 0 Å². The SMILES string of the molecule is CC[C@@H](C(=O)NC1CCCC1)N(Cc1ccccc1)C(=O)CN(c1cccc(C)c1)S(=O)(=O)c1ccc(C)cc1. The molecule has 3 aromatic rings. The molecule has 1 saturated carbocycles. The Morgan fingerprint density at radius 1 is 0.900 bits per heavy atom. The topological polar surface area (TPSA) is 86.8 Å². The average Bonchev–Trinajstić information content (AvgIpc) is 3.45. The smallest absolute Gasteiger partial charge is 0.264 e. The molecule has 1 fully saturated rings. The van der Waals surface area contributed by atoms with Crippen LogP contribution in [0, 0.1) is 13.8 Å². The molecule has 0 heterocycles. The van der Waals surface area contributed by atoms with E-state index in [0.717, 1.165) is 46.7 Å². The number of nitrogens with zero attached hydrogens (tertiary/aromatic N) is 2. The first-order valence-electron chi connectivity index (χ1n) is 14.0. The Kier molecular flexibility index (Phi) is 9.63. The van der Waals surface area contributed by atoms with E-state index in [-0.39, 0.29) is 23.4 Å². The number of carbonyl (C=O) groups is 2. The van der Waals surface area contributed by atoms with Gasteiger partial charge < -0.3 is 10.2 Å². The first kappa shape index (κ1) is 29.3. The fourth-order valence-electron chi connectivity index (χ4n) is 5.22. The summed E-state index contributed by atoms with van der Waals surface area (Å²) in [4.78, 5) is 29.2. The van der Waals surface area contributed by atoms with Crippen LogP contribution in [0.4, 0.5) is 5.69 Å². The number of rotatable bonds is 11. The Bertz CT molecular complexity index is 1400. The molecule has 212 valence electrons. The van der Waals surface area contributed by atoms with E-state index in [9.17, 15) is 18.0 Å². The highest BCUT2D eigenvalue weighted by atomic mass is 32.2. The van der Waals surface area contributed by atoms with Gasteiger partial charge in [0, 0.05) is 12.6 Å². The van der Waals surface area contributed by atoms with Crippen LogP contribution in [0.2, 0.25) is 0 Å². The Morgan fingerprint density at radius 2 is 1.57 bits per heavy atom. The van der Waals surface area contributed by atoms with Crippen molar-refractivity contribution in [1.29, 1.82) is 0 Å². The van der Waals surface area contributed by atoms with Crippen LogP contribution in [0.1, 0.15) is 55.7 Å². The lowest BCUT2D eigenvalue weighted by Crippen LogP contribution is -2.53. The van der Waals surface area contributed by atoms with Gasteiger partial charge in [-0.05, 0) is 68.5 Å². The molecule has 0 bridgehead atoms. The van der Waals surface area contributed by atoms with Gasteiger partial charge >= 0.3 is 0 Å². The fourth-order valence-corrected chi connectivity index (χ4v) is 6.62. The van der Waals surface area contributed by atoms with E-state index < -0.39 is 28.5 Å². The molecule has 1 aliphatic rings. The molecule has 4 rings (SSSR count). The molecule has 0 saturated heterocycles. The predicted molar refractivity (Wildman–Crippen MR) is 158 cm³/mol. The zero-order valence-electron chi connectivity index (χ0n) is 23.5. The van der Waals surface area contributed by atoms with Gasteiger partial charge in [0.25, 0.3) is 10.0 Å². The van der Waals surface area contributed by atoms with Crippen molar-refractivity contribution in [2.45, 2.75) is 76.4 Å². The summed E-state index contributed by atoms with van der Waals surface area (Å²) < 4.78 is 29.1. The average molecular weight is 562 g/mol. The fraction of sp³-hybridized carbons (Fsp3) is 0.375. The van der Waals surface area contributed by atoms with Crippen LogP contribution in [0.5, 0.6) is 0 Å². The monoisotopic (exact) mass is 561 g/mol. The Hall–Kier alpha value is -3.65. The van der Waals surface area contributed by atoms with Crippen molar-refractivity contribution in [3.63, 3.8) is 0 Å². The third-order valence-corrected chi connectivity index (χ3v) is 9.25. The minimum atomic E-state index is -4.08. The highest BCUT2D eigenvalue weighted by molar-refractivity contribution is 7.92. The zero-order chi connectivity index (χ0) is 28.7. The van der Waals surface area contributed by atoms with Crippen molar-refractivity contribution >= 4 is 27.5 Å². The highest BCUT2D eigenvalue weighted by Crippen LogP contribution is 2.26. The largest absolute Gasteiger partial charge is 0.352 e. The van der Waals surface area contributed by atoms with E-state index in [0.29, 0.717) is 12.1 Å². The second-order valence-corrected chi connectivity index (χ2v) is 12.4. The Labute approximate surface area is 238 Å². The maximum Gasteiger partial charge on any atom is 0.264 e. The Balaban J connectivity index is 1.70. The number of amides is 2. The summed E-state index contributed by atoms with van der Waals surface area (Å²) >= 11 is 0. The zero-order valence-corrected chi connectivity index (χ0v) is 24.4. The summed E-state index contributed by atoms with van der Waals surface area (Å²) in [6.07, 6.45) is 4.44. The van der Waals surface area contributed by atoms with E-state index >= 15 is 0 Å². The summed E-state index contributed by atoms with van der Waals surface area (Å²) in [5.74, 6) is -0.628. The third kappa shape index (κ3) is 7.10. The van der Waals surface area contributed by atoms with Crippen LogP contribution in [-0.2, 0) is 26.2 Å². The number of sulfonamides is 1. The van der Waals surface area contributed by atoms with E-state index in [1.54, 1.807) is 42.5 Å². The van der Waals surface area contributed by atoms with Gasteiger partial charge in [0.15, 0.2) is 0 Å². The molecule has 0 aromatic heterocycles. The maximum absolute atomic E-state index is 14.1. The van der Waals surface area contributed by atoms with Crippen molar-refractivity contribution in [3.05, 3.63) is 95.6 Å². The van der Waals surface area contributed by atoms with Gasteiger partial charge in [0.2, 0.25) is 11.8 Å². The third-order valence-electron chi connectivity index (χ3n) is 7.46. The normalized spacial score (nSPS) is 14.5. The minimum Gasteiger partial charge on any atom is -0.352 e. The van der Waals surface area contributed by atoms with Crippen molar-refractivity contribution in [3.8, 4) is 0 Å². The van der Waals surface area contributed by atoms with Crippen molar-refractivity contribution in [2.24, 2.45) is 0 Å². The van der Waals surface area contributed by atoms with Gasteiger partial charge in [-0.2, -0.15) is 0 Å². The molecule has 1 aliphatic carbocycles. The Morgan fingerprint density at radius 3 is 2.20 bits per heavy atom. The molecule has 0 aliphatic heterocycles. The molecular formula is C32H39N3O4S. The van der Waals surface area contributed by atoms with Crippen molar-refractivity contribution < 1.29 is 18.0 Å². The molecule has 0 radical (unpaired) electrons. The van der Waals surface area contributed by atoms with Gasteiger partial charge in [0.05, 0.1) is 10.6 Å². The lowest BCUT2D eigenvalue weighted by atomic mass is 10.1. The molecule has 3 aromatic carbocycles. The van der Waals surface area contributed by atoms with Gasteiger partial charge in [-0.1, -0.05) is 79.9 Å². The number of aryl methyl sites for hydroxylation is 2. The van der Waals surface area contributed by atoms with Crippen LogP contribution in [0.25, 0.3) is 0 Å². The summed E-state index contributed by atoms with van der Waals surface area (Å²) in [6, 6.07) is 22.6. The molecule has 1 N–H and O–H groups in total. The maximum atomic E-state index is 14.1. The number of carbonyl (C=O) groups excluding carboxylic acids is 2. The van der Waals surface area contributed by atoms with Crippen molar-refractivity contribution in [2.75, 3.05) is 10.8 Å². The number of hydrogen-bond donors (Lipinski definition) is 1. The molecule has 8 heteroatoms. The van der Waals surface area contributed by atoms with Crippen molar-refractivity contribution in [1.82, 2.24) is 10.2 Å². The van der Waals surface area contributed by atoms with Crippen LogP contribution < -0.4 is 9.62 Å². The number of anilines is 1. The van der Waals surface area contributed by atoms with E-state index in [1.165, 1.54) is 4.90 Å². The lowest BCUT2D eigenvalue weighted by Gasteiger charge is -2.33. The summed E-state index contributed by atoms with van der Waals surface area (Å²) in [6.45, 7) is 5.42.